The van der Waals surface area contributed by atoms with Crippen molar-refractivity contribution in [1.29, 1.82) is 0 Å². The van der Waals surface area contributed by atoms with Crippen LogP contribution in [0.25, 0.3) is 0 Å². The molecule has 96 valence electrons. The second-order valence-corrected chi connectivity index (χ2v) is 5.21. The van der Waals surface area contributed by atoms with Crippen molar-refractivity contribution in [1.82, 2.24) is 0 Å². The Hall–Kier alpha value is -2.09. The molecule has 0 amide bonds. The second kappa shape index (κ2) is 4.88. The fourth-order valence-electron chi connectivity index (χ4n) is 2.52. The number of ketones is 1. The molecule has 0 spiro atoms. The Labute approximate surface area is 113 Å². The van der Waals surface area contributed by atoms with Crippen LogP contribution in [0.2, 0.25) is 0 Å². The molecule has 0 aliphatic heterocycles. The van der Waals surface area contributed by atoms with Crippen molar-refractivity contribution < 1.29 is 4.79 Å². The first-order valence-corrected chi connectivity index (χ1v) is 6.74. The lowest BCUT2D eigenvalue weighted by Crippen LogP contribution is -2.10. The molecule has 2 heteroatoms. The van der Waals surface area contributed by atoms with E-state index in [4.69, 9.17) is 5.73 Å². The number of nitrogens with two attached hydrogens (primary N) is 1. The number of carbonyl (C=O) groups is 1. The first-order chi connectivity index (χ1) is 9.24. The highest BCUT2D eigenvalue weighted by Crippen LogP contribution is 2.36. The summed E-state index contributed by atoms with van der Waals surface area (Å²) in [5, 5.41) is 0. The summed E-state index contributed by atoms with van der Waals surface area (Å²) < 4.78 is 0. The van der Waals surface area contributed by atoms with Gasteiger partial charge in [0.1, 0.15) is 0 Å². The number of nitrogen functional groups attached to an aromatic ring is 1. The predicted octanol–water partition coefficient (Wildman–Crippen LogP) is 3.77. The zero-order valence-corrected chi connectivity index (χ0v) is 10.8. The van der Waals surface area contributed by atoms with Crippen molar-refractivity contribution in [2.24, 2.45) is 0 Å². The van der Waals surface area contributed by atoms with Gasteiger partial charge in [-0.05, 0) is 42.5 Å². The second-order valence-electron chi connectivity index (χ2n) is 5.21. The fourth-order valence-corrected chi connectivity index (χ4v) is 2.52. The molecule has 0 saturated heterocycles. The summed E-state index contributed by atoms with van der Waals surface area (Å²) in [5.41, 5.74) is 9.07. The molecule has 0 bridgehead atoms. The van der Waals surface area contributed by atoms with Crippen LogP contribution in [-0.4, -0.2) is 5.78 Å². The third-order valence-electron chi connectivity index (χ3n) is 3.87. The molecule has 0 unspecified atom stereocenters. The van der Waals surface area contributed by atoms with Crippen LogP contribution < -0.4 is 5.73 Å². The molecule has 2 aromatic rings. The third-order valence-corrected chi connectivity index (χ3v) is 3.87. The van der Waals surface area contributed by atoms with Gasteiger partial charge in [-0.1, -0.05) is 36.8 Å². The number of hydrogen-bond acceptors (Lipinski definition) is 2. The summed E-state index contributed by atoms with van der Waals surface area (Å²) in [6.45, 7) is 0. The SMILES string of the molecule is Nc1cccc(C(=O)c2cccc(C3CCC3)c2)c1. The molecule has 19 heavy (non-hydrogen) atoms. The molecule has 1 aliphatic rings. The molecule has 0 aromatic heterocycles. The van der Waals surface area contributed by atoms with E-state index in [2.05, 4.69) is 6.07 Å². The smallest absolute Gasteiger partial charge is 0.193 e. The fraction of sp³-hybridized carbons (Fsp3) is 0.235. The molecular formula is C17H17NO. The summed E-state index contributed by atoms with van der Waals surface area (Å²) >= 11 is 0. The molecule has 1 aliphatic carbocycles. The van der Waals surface area contributed by atoms with Crippen molar-refractivity contribution >= 4 is 11.5 Å². The Morgan fingerprint density at radius 3 is 2.32 bits per heavy atom. The van der Waals surface area contributed by atoms with E-state index < -0.39 is 0 Å². The van der Waals surface area contributed by atoms with Gasteiger partial charge in [0.25, 0.3) is 0 Å². The van der Waals surface area contributed by atoms with Crippen molar-refractivity contribution in [2.45, 2.75) is 25.2 Å². The van der Waals surface area contributed by atoms with Crippen molar-refractivity contribution in [2.75, 3.05) is 5.73 Å². The standard InChI is InChI=1S/C17H17NO/c18-16-9-3-8-15(11-16)17(19)14-7-2-6-13(10-14)12-4-1-5-12/h2-3,6-12H,1,4-5,18H2. The minimum atomic E-state index is 0.0495. The van der Waals surface area contributed by atoms with Gasteiger partial charge in [-0.3, -0.25) is 4.79 Å². The monoisotopic (exact) mass is 251 g/mol. The minimum Gasteiger partial charge on any atom is -0.399 e. The molecule has 2 aromatic carbocycles. The Morgan fingerprint density at radius 1 is 1.00 bits per heavy atom. The van der Waals surface area contributed by atoms with Gasteiger partial charge in [0.2, 0.25) is 0 Å². The summed E-state index contributed by atoms with van der Waals surface area (Å²) in [6.07, 6.45) is 3.80. The first-order valence-electron chi connectivity index (χ1n) is 6.74. The quantitative estimate of drug-likeness (QED) is 0.666. The third kappa shape index (κ3) is 2.39. The normalized spacial score (nSPS) is 14.9. The summed E-state index contributed by atoms with van der Waals surface area (Å²) in [6, 6.07) is 15.2. The van der Waals surface area contributed by atoms with E-state index in [-0.39, 0.29) is 5.78 Å². The topological polar surface area (TPSA) is 43.1 Å². The van der Waals surface area contributed by atoms with E-state index in [1.165, 1.54) is 24.8 Å². The zero-order chi connectivity index (χ0) is 13.2. The van der Waals surface area contributed by atoms with Gasteiger partial charge in [-0.2, -0.15) is 0 Å². The van der Waals surface area contributed by atoms with Crippen molar-refractivity contribution in [3.63, 3.8) is 0 Å². The van der Waals surface area contributed by atoms with Gasteiger partial charge in [0.05, 0.1) is 0 Å². The number of benzene rings is 2. The Kier molecular flexibility index (Phi) is 3.08. The maximum Gasteiger partial charge on any atom is 0.193 e. The highest BCUT2D eigenvalue weighted by molar-refractivity contribution is 6.09. The van der Waals surface area contributed by atoms with E-state index in [9.17, 15) is 4.79 Å². The molecule has 0 atom stereocenters. The van der Waals surface area contributed by atoms with Gasteiger partial charge in [-0.25, -0.2) is 0 Å². The van der Waals surface area contributed by atoms with Gasteiger partial charge in [0, 0.05) is 16.8 Å². The lowest BCUT2D eigenvalue weighted by molar-refractivity contribution is 0.103. The van der Waals surface area contributed by atoms with E-state index in [0.717, 1.165) is 5.56 Å². The van der Waals surface area contributed by atoms with Crippen LogP contribution in [-0.2, 0) is 0 Å². The largest absolute Gasteiger partial charge is 0.399 e. The molecule has 0 heterocycles. The van der Waals surface area contributed by atoms with Crippen molar-refractivity contribution in [3.05, 3.63) is 65.2 Å². The van der Waals surface area contributed by atoms with Gasteiger partial charge in [-0.15, -0.1) is 0 Å². The van der Waals surface area contributed by atoms with Crippen LogP contribution in [0.15, 0.2) is 48.5 Å². The Bertz CT molecular complexity index is 614. The van der Waals surface area contributed by atoms with Crippen LogP contribution in [0.3, 0.4) is 0 Å². The highest BCUT2D eigenvalue weighted by Gasteiger charge is 2.20. The molecule has 2 N–H and O–H groups in total. The molecular weight excluding hydrogens is 234 g/mol. The van der Waals surface area contributed by atoms with Gasteiger partial charge in [0.15, 0.2) is 5.78 Å². The summed E-state index contributed by atoms with van der Waals surface area (Å²) in [4.78, 5) is 12.4. The maximum absolute atomic E-state index is 12.4. The lowest BCUT2D eigenvalue weighted by atomic mass is 9.79. The molecule has 1 fully saturated rings. The average Bonchev–Trinajstić information content (AvgIpc) is 2.36. The van der Waals surface area contributed by atoms with E-state index >= 15 is 0 Å². The van der Waals surface area contributed by atoms with Crippen LogP contribution in [0.4, 0.5) is 5.69 Å². The molecule has 3 rings (SSSR count). The zero-order valence-electron chi connectivity index (χ0n) is 10.8. The predicted molar refractivity (Wildman–Crippen MR) is 77.3 cm³/mol. The number of carbonyl (C=O) groups excluding carboxylic acids is 1. The highest BCUT2D eigenvalue weighted by atomic mass is 16.1. The Balaban J connectivity index is 1.91. The number of rotatable bonds is 3. The molecule has 1 saturated carbocycles. The van der Waals surface area contributed by atoms with Gasteiger partial charge >= 0.3 is 0 Å². The molecule has 2 nitrogen and oxygen atoms in total. The van der Waals surface area contributed by atoms with Crippen LogP contribution in [0.1, 0.15) is 46.7 Å². The van der Waals surface area contributed by atoms with Crippen LogP contribution in [0.5, 0.6) is 0 Å². The molecule has 0 radical (unpaired) electrons. The van der Waals surface area contributed by atoms with Crippen molar-refractivity contribution in [3.8, 4) is 0 Å². The van der Waals surface area contributed by atoms with E-state index in [1.54, 1.807) is 12.1 Å². The van der Waals surface area contributed by atoms with Crippen LogP contribution in [0, 0.1) is 0 Å². The Morgan fingerprint density at radius 2 is 1.68 bits per heavy atom. The number of hydrogen-bond donors (Lipinski definition) is 1. The van der Waals surface area contributed by atoms with Gasteiger partial charge < -0.3 is 5.73 Å². The average molecular weight is 251 g/mol. The summed E-state index contributed by atoms with van der Waals surface area (Å²) in [5.74, 6) is 0.696. The first kappa shape index (κ1) is 12.0. The van der Waals surface area contributed by atoms with E-state index in [0.29, 0.717) is 17.2 Å². The van der Waals surface area contributed by atoms with E-state index in [1.807, 2.05) is 30.3 Å². The summed E-state index contributed by atoms with van der Waals surface area (Å²) in [7, 11) is 0. The minimum absolute atomic E-state index is 0.0495. The number of anilines is 1. The van der Waals surface area contributed by atoms with Crippen LogP contribution >= 0.6 is 0 Å². The lowest BCUT2D eigenvalue weighted by Gasteiger charge is -2.26. The maximum atomic E-state index is 12.4.